The lowest BCUT2D eigenvalue weighted by Crippen LogP contribution is -2.10. The molecule has 2 N–H and O–H groups in total. The zero-order chi connectivity index (χ0) is 10.0. The standard InChI is InChI=1S/C11H10N2O2/c12-10-6-3-8-9(15-5-14-8)4-7(6)11(13-10)1-2-11/h3-4H,1-2,5H2,(H2,12,13). The first kappa shape index (κ1) is 7.56. The normalized spacial score (nSPS) is 22.8. The summed E-state index contributed by atoms with van der Waals surface area (Å²) in [6, 6.07) is 3.98. The number of ether oxygens (including phenoxy) is 2. The summed E-state index contributed by atoms with van der Waals surface area (Å²) in [5.74, 6) is 2.25. The van der Waals surface area contributed by atoms with Gasteiger partial charge in [-0.25, -0.2) is 0 Å². The Hall–Kier alpha value is -1.71. The molecule has 15 heavy (non-hydrogen) atoms. The maximum absolute atomic E-state index is 5.91. The molecule has 0 saturated heterocycles. The molecular weight excluding hydrogens is 192 g/mol. The Balaban J connectivity index is 1.99. The van der Waals surface area contributed by atoms with E-state index in [1.54, 1.807) is 0 Å². The van der Waals surface area contributed by atoms with Gasteiger partial charge in [-0.3, -0.25) is 4.99 Å². The lowest BCUT2D eigenvalue weighted by Gasteiger charge is -2.06. The Bertz CT molecular complexity index is 504. The van der Waals surface area contributed by atoms with Gasteiger partial charge in [-0.15, -0.1) is 0 Å². The molecule has 0 atom stereocenters. The largest absolute Gasteiger partial charge is 0.454 e. The van der Waals surface area contributed by atoms with Crippen LogP contribution in [0.15, 0.2) is 17.1 Å². The van der Waals surface area contributed by atoms with E-state index in [9.17, 15) is 0 Å². The fraction of sp³-hybridized carbons (Fsp3) is 0.364. The van der Waals surface area contributed by atoms with Gasteiger partial charge < -0.3 is 15.2 Å². The smallest absolute Gasteiger partial charge is 0.231 e. The van der Waals surface area contributed by atoms with Crippen molar-refractivity contribution in [1.82, 2.24) is 0 Å². The van der Waals surface area contributed by atoms with Crippen molar-refractivity contribution in [3.63, 3.8) is 0 Å². The molecular formula is C11H10N2O2. The molecule has 2 aliphatic heterocycles. The van der Waals surface area contributed by atoms with E-state index in [-0.39, 0.29) is 5.54 Å². The van der Waals surface area contributed by atoms with Crippen LogP contribution in [0.2, 0.25) is 0 Å². The Morgan fingerprint density at radius 2 is 1.93 bits per heavy atom. The number of aliphatic imine (C=N–C) groups is 1. The predicted molar refractivity (Wildman–Crippen MR) is 54.2 cm³/mol. The first-order chi connectivity index (χ1) is 7.28. The maximum Gasteiger partial charge on any atom is 0.231 e. The Labute approximate surface area is 86.7 Å². The Morgan fingerprint density at radius 1 is 1.20 bits per heavy atom. The molecule has 1 fully saturated rings. The third kappa shape index (κ3) is 0.802. The van der Waals surface area contributed by atoms with Crippen LogP contribution < -0.4 is 15.2 Å². The van der Waals surface area contributed by atoms with E-state index in [2.05, 4.69) is 4.99 Å². The second-order valence-corrected chi connectivity index (χ2v) is 4.28. The SMILES string of the molecule is NC1=NC2(CC2)c2cc3c(cc21)OCO3. The quantitative estimate of drug-likeness (QED) is 0.686. The lowest BCUT2D eigenvalue weighted by molar-refractivity contribution is 0.174. The fourth-order valence-electron chi connectivity index (χ4n) is 2.39. The summed E-state index contributed by atoms with van der Waals surface area (Å²) in [5.41, 5.74) is 8.13. The van der Waals surface area contributed by atoms with E-state index >= 15 is 0 Å². The van der Waals surface area contributed by atoms with E-state index in [0.717, 1.165) is 29.9 Å². The summed E-state index contributed by atoms with van der Waals surface area (Å²) in [5, 5.41) is 0. The summed E-state index contributed by atoms with van der Waals surface area (Å²) in [7, 11) is 0. The highest BCUT2D eigenvalue weighted by molar-refractivity contribution is 6.03. The first-order valence-electron chi connectivity index (χ1n) is 5.08. The number of benzene rings is 1. The monoisotopic (exact) mass is 202 g/mol. The van der Waals surface area contributed by atoms with Crippen molar-refractivity contribution in [3.05, 3.63) is 23.3 Å². The molecule has 1 aromatic carbocycles. The van der Waals surface area contributed by atoms with Crippen molar-refractivity contribution < 1.29 is 9.47 Å². The predicted octanol–water partition coefficient (Wildman–Crippen LogP) is 1.12. The van der Waals surface area contributed by atoms with Crippen LogP contribution in [0, 0.1) is 0 Å². The molecule has 4 rings (SSSR count). The second kappa shape index (κ2) is 2.10. The molecule has 76 valence electrons. The summed E-state index contributed by atoms with van der Waals surface area (Å²) >= 11 is 0. The molecule has 0 amide bonds. The lowest BCUT2D eigenvalue weighted by atomic mass is 10.0. The summed E-state index contributed by atoms with van der Waals surface area (Å²) in [4.78, 5) is 4.52. The molecule has 1 spiro atoms. The minimum absolute atomic E-state index is 0.0135. The van der Waals surface area contributed by atoms with Gasteiger partial charge in [0.1, 0.15) is 5.84 Å². The van der Waals surface area contributed by atoms with Gasteiger partial charge in [-0.05, 0) is 30.5 Å². The van der Waals surface area contributed by atoms with Crippen molar-refractivity contribution in [2.24, 2.45) is 10.7 Å². The third-order valence-electron chi connectivity index (χ3n) is 3.35. The number of rotatable bonds is 0. The number of nitrogens with zero attached hydrogens (tertiary/aromatic N) is 1. The highest BCUT2D eigenvalue weighted by atomic mass is 16.7. The van der Waals surface area contributed by atoms with Crippen molar-refractivity contribution in [2.75, 3.05) is 6.79 Å². The van der Waals surface area contributed by atoms with Crippen LogP contribution in [-0.2, 0) is 5.54 Å². The van der Waals surface area contributed by atoms with Crippen LogP contribution in [0.3, 0.4) is 0 Å². The summed E-state index contributed by atoms with van der Waals surface area (Å²) < 4.78 is 10.7. The van der Waals surface area contributed by atoms with Crippen molar-refractivity contribution in [1.29, 1.82) is 0 Å². The van der Waals surface area contributed by atoms with E-state index < -0.39 is 0 Å². The van der Waals surface area contributed by atoms with Crippen molar-refractivity contribution in [3.8, 4) is 11.5 Å². The number of amidine groups is 1. The summed E-state index contributed by atoms with van der Waals surface area (Å²) in [6.07, 6.45) is 2.20. The van der Waals surface area contributed by atoms with Crippen molar-refractivity contribution >= 4 is 5.84 Å². The van der Waals surface area contributed by atoms with Gasteiger partial charge in [-0.1, -0.05) is 0 Å². The van der Waals surface area contributed by atoms with Crippen LogP contribution in [0.5, 0.6) is 11.5 Å². The third-order valence-corrected chi connectivity index (χ3v) is 3.35. The minimum Gasteiger partial charge on any atom is -0.454 e. The molecule has 0 bridgehead atoms. The van der Waals surface area contributed by atoms with Gasteiger partial charge in [-0.2, -0.15) is 0 Å². The average molecular weight is 202 g/mol. The molecule has 4 nitrogen and oxygen atoms in total. The van der Waals surface area contributed by atoms with Gasteiger partial charge in [0.2, 0.25) is 6.79 Å². The second-order valence-electron chi connectivity index (χ2n) is 4.28. The molecule has 1 aliphatic carbocycles. The topological polar surface area (TPSA) is 56.8 Å². The number of nitrogens with two attached hydrogens (primary N) is 1. The van der Waals surface area contributed by atoms with Gasteiger partial charge in [0.15, 0.2) is 11.5 Å². The van der Waals surface area contributed by atoms with Gasteiger partial charge >= 0.3 is 0 Å². The first-order valence-corrected chi connectivity index (χ1v) is 5.08. The van der Waals surface area contributed by atoms with E-state index in [1.807, 2.05) is 12.1 Å². The number of hydrogen-bond donors (Lipinski definition) is 1. The van der Waals surface area contributed by atoms with Crippen LogP contribution in [0.1, 0.15) is 24.0 Å². The van der Waals surface area contributed by atoms with Crippen LogP contribution in [0.25, 0.3) is 0 Å². The summed E-state index contributed by atoms with van der Waals surface area (Å²) in [6.45, 7) is 0.308. The molecule has 2 heterocycles. The minimum atomic E-state index is -0.0135. The van der Waals surface area contributed by atoms with Crippen LogP contribution >= 0.6 is 0 Å². The molecule has 4 heteroatoms. The zero-order valence-electron chi connectivity index (χ0n) is 8.12. The van der Waals surface area contributed by atoms with Gasteiger partial charge in [0, 0.05) is 5.56 Å². The molecule has 3 aliphatic rings. The molecule has 0 aromatic heterocycles. The van der Waals surface area contributed by atoms with Crippen LogP contribution in [-0.4, -0.2) is 12.6 Å². The van der Waals surface area contributed by atoms with E-state index in [0.29, 0.717) is 12.6 Å². The highest BCUT2D eigenvalue weighted by Gasteiger charge is 2.50. The Morgan fingerprint density at radius 3 is 2.67 bits per heavy atom. The average Bonchev–Trinajstić information content (AvgIpc) is 2.77. The maximum atomic E-state index is 5.91. The fourth-order valence-corrected chi connectivity index (χ4v) is 2.39. The van der Waals surface area contributed by atoms with E-state index in [4.69, 9.17) is 15.2 Å². The Kier molecular flexibility index (Phi) is 1.06. The highest BCUT2D eigenvalue weighted by Crippen LogP contribution is 2.55. The van der Waals surface area contributed by atoms with Crippen LogP contribution in [0.4, 0.5) is 0 Å². The van der Waals surface area contributed by atoms with Gasteiger partial charge in [0.25, 0.3) is 0 Å². The molecule has 1 saturated carbocycles. The zero-order valence-corrected chi connectivity index (χ0v) is 8.12. The number of hydrogen-bond acceptors (Lipinski definition) is 4. The molecule has 0 unspecified atom stereocenters. The van der Waals surface area contributed by atoms with Gasteiger partial charge in [0.05, 0.1) is 5.54 Å². The van der Waals surface area contributed by atoms with Crippen molar-refractivity contribution in [2.45, 2.75) is 18.4 Å². The molecule has 1 aromatic rings. The van der Waals surface area contributed by atoms with E-state index in [1.165, 1.54) is 5.56 Å². The molecule has 0 radical (unpaired) electrons. The number of fused-ring (bicyclic) bond motifs is 3.